The zero-order valence-electron chi connectivity index (χ0n) is 8.19. The number of aromatic nitrogens is 1. The average Bonchev–Trinajstić information content (AvgIpc) is 2.26. The van der Waals surface area contributed by atoms with Crippen LogP contribution >= 0.6 is 0 Å². The summed E-state index contributed by atoms with van der Waals surface area (Å²) < 4.78 is 59.9. The minimum Gasteiger partial charge on any atom is -0.244 e. The van der Waals surface area contributed by atoms with Crippen LogP contribution < -0.4 is 4.72 Å². The maximum absolute atomic E-state index is 11.9. The van der Waals surface area contributed by atoms with Gasteiger partial charge < -0.3 is 0 Å². The number of nitrogens with one attached hydrogen (secondary N) is 1. The number of nitrogens with zero attached hydrogens (tertiary/aromatic N) is 2. The van der Waals surface area contributed by atoms with Crippen LogP contribution in [0.25, 0.3) is 0 Å². The van der Waals surface area contributed by atoms with E-state index < -0.39 is 33.3 Å². The van der Waals surface area contributed by atoms with Gasteiger partial charge in [-0.05, 0) is 12.1 Å². The zero-order chi connectivity index (χ0) is 13.1. The zero-order valence-corrected chi connectivity index (χ0v) is 9.01. The Bertz CT molecular complexity index is 548. The van der Waals surface area contributed by atoms with E-state index in [4.69, 9.17) is 5.26 Å². The van der Waals surface area contributed by atoms with E-state index in [0.29, 0.717) is 0 Å². The largest absolute Gasteiger partial charge is 0.402 e. The van der Waals surface area contributed by atoms with Crippen molar-refractivity contribution in [1.29, 1.82) is 5.26 Å². The molecule has 0 aliphatic carbocycles. The van der Waals surface area contributed by atoms with Crippen LogP contribution in [0.5, 0.6) is 0 Å². The van der Waals surface area contributed by atoms with Crippen LogP contribution in [0.2, 0.25) is 0 Å². The summed E-state index contributed by atoms with van der Waals surface area (Å²) in [6.07, 6.45) is -3.50. The maximum Gasteiger partial charge on any atom is 0.402 e. The van der Waals surface area contributed by atoms with E-state index in [1.165, 1.54) is 23.1 Å². The third-order valence-corrected chi connectivity index (χ3v) is 3.06. The fraction of sp³-hybridized carbons (Fsp3) is 0.250. The van der Waals surface area contributed by atoms with E-state index >= 15 is 0 Å². The molecule has 0 aromatic carbocycles. The van der Waals surface area contributed by atoms with Gasteiger partial charge in [-0.1, -0.05) is 0 Å². The van der Waals surface area contributed by atoms with Crippen LogP contribution in [0.3, 0.4) is 0 Å². The Morgan fingerprint density at radius 1 is 1.47 bits per heavy atom. The Kier molecular flexibility index (Phi) is 3.69. The predicted octanol–water partition coefficient (Wildman–Crippen LogP) is 0.794. The maximum atomic E-state index is 11.9. The summed E-state index contributed by atoms with van der Waals surface area (Å²) in [5.74, 6) is 0. The average molecular weight is 265 g/mol. The molecule has 1 aromatic rings. The molecule has 0 fully saturated rings. The highest BCUT2D eigenvalue weighted by Gasteiger charge is 2.30. The smallest absolute Gasteiger partial charge is 0.244 e. The summed E-state index contributed by atoms with van der Waals surface area (Å²) in [5.41, 5.74) is -0.456. The van der Waals surface area contributed by atoms with E-state index in [9.17, 15) is 21.6 Å². The molecule has 0 bridgehead atoms. The van der Waals surface area contributed by atoms with Crippen LogP contribution in [0, 0.1) is 11.3 Å². The molecule has 92 valence electrons. The Labute approximate surface area is 94.9 Å². The molecule has 0 atom stereocenters. The first-order chi connectivity index (χ1) is 7.76. The quantitative estimate of drug-likeness (QED) is 0.876. The summed E-state index contributed by atoms with van der Waals surface area (Å²) in [6, 6.07) is 3.70. The number of hydrogen-bond acceptors (Lipinski definition) is 4. The molecule has 17 heavy (non-hydrogen) atoms. The minimum absolute atomic E-state index is 0.456. The lowest BCUT2D eigenvalue weighted by atomic mass is 10.4. The molecule has 1 heterocycles. The van der Waals surface area contributed by atoms with E-state index in [0.717, 1.165) is 6.07 Å². The number of halogens is 3. The summed E-state index contributed by atoms with van der Waals surface area (Å²) in [5, 5.41) is 8.58. The number of pyridine rings is 1. The molecule has 0 unspecified atom stereocenters. The lowest BCUT2D eigenvalue weighted by Crippen LogP contribution is -2.34. The van der Waals surface area contributed by atoms with Crippen molar-refractivity contribution < 1.29 is 21.6 Å². The van der Waals surface area contributed by atoms with E-state index in [-0.39, 0.29) is 0 Å². The van der Waals surface area contributed by atoms with Gasteiger partial charge in [0.1, 0.15) is 17.5 Å². The van der Waals surface area contributed by atoms with Crippen molar-refractivity contribution >= 4 is 10.0 Å². The lowest BCUT2D eigenvalue weighted by molar-refractivity contribution is -0.121. The number of alkyl halides is 3. The molecule has 0 spiro atoms. The monoisotopic (exact) mass is 265 g/mol. The highest BCUT2D eigenvalue weighted by Crippen LogP contribution is 2.16. The third kappa shape index (κ3) is 3.69. The fourth-order valence-electron chi connectivity index (χ4n) is 0.946. The summed E-state index contributed by atoms with van der Waals surface area (Å²) in [7, 11) is -4.39. The first-order valence-corrected chi connectivity index (χ1v) is 5.66. The summed E-state index contributed by atoms with van der Waals surface area (Å²) in [4.78, 5) is 2.87. The van der Waals surface area contributed by atoms with Gasteiger partial charge in [0, 0.05) is 6.20 Å². The van der Waals surface area contributed by atoms with Gasteiger partial charge in [0.2, 0.25) is 10.0 Å². The highest BCUT2D eigenvalue weighted by molar-refractivity contribution is 7.89. The van der Waals surface area contributed by atoms with Gasteiger partial charge in [0.05, 0.1) is 0 Å². The van der Waals surface area contributed by atoms with Crippen LogP contribution in [0.4, 0.5) is 13.2 Å². The SMILES string of the molecule is N#Cc1ncccc1S(=O)(=O)NCC(F)(F)F. The molecule has 0 aliphatic rings. The van der Waals surface area contributed by atoms with E-state index in [2.05, 4.69) is 4.98 Å². The number of hydrogen-bond donors (Lipinski definition) is 1. The molecule has 0 radical (unpaired) electrons. The van der Waals surface area contributed by atoms with E-state index in [1.54, 1.807) is 0 Å². The Morgan fingerprint density at radius 2 is 2.12 bits per heavy atom. The Hall–Kier alpha value is -1.66. The molecule has 0 saturated heterocycles. The van der Waals surface area contributed by atoms with Crippen molar-refractivity contribution in [2.24, 2.45) is 0 Å². The second kappa shape index (κ2) is 4.68. The molecule has 0 saturated carbocycles. The normalized spacial score (nSPS) is 12.1. The van der Waals surface area contributed by atoms with Crippen LogP contribution in [-0.4, -0.2) is 26.1 Å². The second-order valence-corrected chi connectivity index (χ2v) is 4.64. The number of rotatable bonds is 3. The molecule has 0 aliphatic heterocycles. The van der Waals surface area contributed by atoms with Crippen molar-refractivity contribution in [2.45, 2.75) is 11.1 Å². The molecule has 1 rings (SSSR count). The van der Waals surface area contributed by atoms with Crippen LogP contribution in [-0.2, 0) is 10.0 Å². The van der Waals surface area contributed by atoms with Crippen molar-refractivity contribution in [3.05, 3.63) is 24.0 Å². The minimum atomic E-state index is -4.66. The first kappa shape index (κ1) is 13.4. The van der Waals surface area contributed by atoms with Gasteiger partial charge in [-0.15, -0.1) is 0 Å². The standard InChI is InChI=1S/C8H6F3N3O2S/c9-8(10,11)5-14-17(15,16)7-2-1-3-13-6(7)4-12/h1-3,14H,5H2. The van der Waals surface area contributed by atoms with E-state index in [1.807, 2.05) is 0 Å². The van der Waals surface area contributed by atoms with Crippen molar-refractivity contribution in [2.75, 3.05) is 6.54 Å². The van der Waals surface area contributed by atoms with Gasteiger partial charge in [-0.3, -0.25) is 0 Å². The van der Waals surface area contributed by atoms with Gasteiger partial charge in [0.15, 0.2) is 5.69 Å². The molecule has 0 amide bonds. The Morgan fingerprint density at radius 3 is 2.65 bits per heavy atom. The van der Waals surface area contributed by atoms with Gasteiger partial charge >= 0.3 is 6.18 Å². The topological polar surface area (TPSA) is 82.8 Å². The van der Waals surface area contributed by atoms with Crippen LogP contribution in [0.1, 0.15) is 5.69 Å². The number of nitriles is 1. The molecule has 9 heteroatoms. The number of sulfonamides is 1. The molecule has 5 nitrogen and oxygen atoms in total. The predicted molar refractivity (Wildman–Crippen MR) is 50.2 cm³/mol. The molecule has 1 N–H and O–H groups in total. The van der Waals surface area contributed by atoms with Crippen molar-refractivity contribution in [3.8, 4) is 6.07 Å². The third-order valence-electron chi connectivity index (χ3n) is 1.63. The Balaban J connectivity index is 3.03. The highest BCUT2D eigenvalue weighted by atomic mass is 32.2. The second-order valence-electron chi connectivity index (χ2n) is 2.90. The molecular weight excluding hydrogens is 259 g/mol. The van der Waals surface area contributed by atoms with Crippen LogP contribution in [0.15, 0.2) is 23.2 Å². The first-order valence-electron chi connectivity index (χ1n) is 4.18. The van der Waals surface area contributed by atoms with Gasteiger partial charge in [-0.2, -0.15) is 18.4 Å². The van der Waals surface area contributed by atoms with Crippen molar-refractivity contribution in [1.82, 2.24) is 9.71 Å². The fourth-order valence-corrected chi connectivity index (χ4v) is 2.07. The molecular formula is C8H6F3N3O2S. The summed E-state index contributed by atoms with van der Waals surface area (Å²) in [6.45, 7) is -1.70. The van der Waals surface area contributed by atoms with Gasteiger partial charge in [0.25, 0.3) is 0 Å². The van der Waals surface area contributed by atoms with Gasteiger partial charge in [-0.25, -0.2) is 18.1 Å². The summed E-state index contributed by atoms with van der Waals surface area (Å²) >= 11 is 0. The lowest BCUT2D eigenvalue weighted by Gasteiger charge is -2.09. The molecule has 1 aromatic heterocycles. The van der Waals surface area contributed by atoms with Crippen molar-refractivity contribution in [3.63, 3.8) is 0 Å².